The second-order valence-electron chi connectivity index (χ2n) is 7.03. The maximum absolute atomic E-state index is 12.3. The Hall–Kier alpha value is -3.04. The van der Waals surface area contributed by atoms with Gasteiger partial charge in [-0.1, -0.05) is 19.3 Å². The van der Waals surface area contributed by atoms with Gasteiger partial charge in [-0.05, 0) is 39.7 Å². The van der Waals surface area contributed by atoms with E-state index in [1.165, 1.54) is 11.4 Å². The number of rotatable bonds is 4. The highest BCUT2D eigenvalue weighted by Gasteiger charge is 2.25. The minimum absolute atomic E-state index is 0.0702. The molecule has 2 N–H and O–H groups in total. The molecule has 1 saturated carbocycles. The highest BCUT2D eigenvalue weighted by molar-refractivity contribution is 5.98. The molecule has 0 saturated heterocycles. The number of fused-ring (bicyclic) bond motifs is 1. The van der Waals surface area contributed by atoms with Crippen molar-refractivity contribution in [3.05, 3.63) is 23.3 Å². The number of aryl methyl sites for hydroxylation is 2. The smallest absolute Gasteiger partial charge is 0.379 e. The second-order valence-corrected chi connectivity index (χ2v) is 7.03. The third-order valence-corrected chi connectivity index (χ3v) is 4.63. The Bertz CT molecular complexity index is 903. The van der Waals surface area contributed by atoms with Gasteiger partial charge < -0.3 is 10.1 Å². The highest BCUT2D eigenvalue weighted by atomic mass is 16.5. The molecule has 10 nitrogen and oxygen atoms in total. The van der Waals surface area contributed by atoms with E-state index in [1.807, 2.05) is 13.8 Å². The van der Waals surface area contributed by atoms with Gasteiger partial charge in [-0.15, -0.1) is 5.10 Å². The lowest BCUT2D eigenvalue weighted by atomic mass is 9.96. The fourth-order valence-corrected chi connectivity index (χ4v) is 3.20. The van der Waals surface area contributed by atoms with Crippen LogP contribution in [0.5, 0.6) is 0 Å². The van der Waals surface area contributed by atoms with Gasteiger partial charge in [-0.3, -0.25) is 10.1 Å². The number of nitrogens with one attached hydrogen (secondary N) is 2. The number of hydrogen-bond donors (Lipinski definition) is 2. The molecule has 2 heterocycles. The molecule has 1 aliphatic carbocycles. The number of carbonyl (C=O) groups excluding carboxylic acids is 3. The topological polar surface area (TPSA) is 128 Å². The Morgan fingerprint density at radius 3 is 2.61 bits per heavy atom. The number of imide groups is 1. The van der Waals surface area contributed by atoms with E-state index >= 15 is 0 Å². The van der Waals surface area contributed by atoms with E-state index in [2.05, 4.69) is 25.7 Å². The quantitative estimate of drug-likeness (QED) is 0.759. The van der Waals surface area contributed by atoms with Crippen molar-refractivity contribution in [2.75, 3.05) is 0 Å². The number of urea groups is 1. The number of ether oxygens (including phenoxy) is 1. The molecule has 1 aliphatic rings. The maximum atomic E-state index is 12.3. The summed E-state index contributed by atoms with van der Waals surface area (Å²) in [6.45, 7) is 5.00. The molecule has 0 unspecified atom stereocenters. The van der Waals surface area contributed by atoms with Crippen LogP contribution in [0.15, 0.2) is 6.07 Å². The molecule has 1 fully saturated rings. The van der Waals surface area contributed by atoms with E-state index in [4.69, 9.17) is 4.74 Å². The standard InChI is InChI=1S/C18H24N6O4/c1-10-9-11(2)24-17(19-10)21-14(23-24)16(26)28-12(3)15(25)22-18(27)20-13-7-5-4-6-8-13/h9,12-13H,4-8H2,1-3H3,(H2,20,22,25,27)/t12-/m0/s1. The van der Waals surface area contributed by atoms with Gasteiger partial charge in [0.05, 0.1) is 0 Å². The van der Waals surface area contributed by atoms with Crippen LogP contribution < -0.4 is 10.6 Å². The third-order valence-electron chi connectivity index (χ3n) is 4.63. The molecule has 0 radical (unpaired) electrons. The van der Waals surface area contributed by atoms with Gasteiger partial charge in [-0.2, -0.15) is 4.98 Å². The molecule has 28 heavy (non-hydrogen) atoms. The summed E-state index contributed by atoms with van der Waals surface area (Å²) in [6, 6.07) is 1.29. The van der Waals surface area contributed by atoms with E-state index in [1.54, 1.807) is 6.07 Å². The molecule has 3 amide bonds. The first-order valence-electron chi connectivity index (χ1n) is 9.37. The zero-order chi connectivity index (χ0) is 20.3. The van der Waals surface area contributed by atoms with Crippen molar-refractivity contribution in [3.63, 3.8) is 0 Å². The second kappa shape index (κ2) is 8.32. The summed E-state index contributed by atoms with van der Waals surface area (Å²) in [5, 5.41) is 9.04. The minimum Gasteiger partial charge on any atom is -0.447 e. The number of carbonyl (C=O) groups is 3. The fourth-order valence-electron chi connectivity index (χ4n) is 3.20. The molecule has 10 heteroatoms. The van der Waals surface area contributed by atoms with E-state index < -0.39 is 24.0 Å². The van der Waals surface area contributed by atoms with Crippen molar-refractivity contribution in [1.82, 2.24) is 30.2 Å². The van der Waals surface area contributed by atoms with Crippen molar-refractivity contribution in [2.24, 2.45) is 0 Å². The average molecular weight is 388 g/mol. The van der Waals surface area contributed by atoms with Crippen molar-refractivity contribution < 1.29 is 19.1 Å². The zero-order valence-electron chi connectivity index (χ0n) is 16.2. The summed E-state index contributed by atoms with van der Waals surface area (Å²) in [5.41, 5.74) is 1.51. The van der Waals surface area contributed by atoms with Crippen LogP contribution >= 0.6 is 0 Å². The molecule has 2 aromatic heterocycles. The Labute approximate surface area is 162 Å². The summed E-state index contributed by atoms with van der Waals surface area (Å²) in [4.78, 5) is 44.6. The lowest BCUT2D eigenvalue weighted by Crippen LogP contribution is -2.48. The Morgan fingerprint density at radius 1 is 1.18 bits per heavy atom. The third kappa shape index (κ3) is 4.62. The van der Waals surface area contributed by atoms with Crippen LogP contribution in [0.25, 0.3) is 5.78 Å². The van der Waals surface area contributed by atoms with Crippen LogP contribution in [0, 0.1) is 13.8 Å². The summed E-state index contributed by atoms with van der Waals surface area (Å²) in [5.74, 6) is -1.51. The van der Waals surface area contributed by atoms with Crippen molar-refractivity contribution in [3.8, 4) is 0 Å². The van der Waals surface area contributed by atoms with Crippen molar-refractivity contribution in [1.29, 1.82) is 0 Å². The minimum atomic E-state index is -1.17. The van der Waals surface area contributed by atoms with Gasteiger partial charge in [0, 0.05) is 17.4 Å². The molecule has 2 aromatic rings. The zero-order valence-corrected chi connectivity index (χ0v) is 16.2. The van der Waals surface area contributed by atoms with Gasteiger partial charge >= 0.3 is 12.0 Å². The summed E-state index contributed by atoms with van der Waals surface area (Å²) in [7, 11) is 0. The number of aromatic nitrogens is 4. The van der Waals surface area contributed by atoms with E-state index in [-0.39, 0.29) is 17.6 Å². The van der Waals surface area contributed by atoms with Crippen LogP contribution in [0.3, 0.4) is 0 Å². The van der Waals surface area contributed by atoms with Crippen molar-refractivity contribution >= 4 is 23.7 Å². The predicted molar refractivity (Wildman–Crippen MR) is 98.7 cm³/mol. The van der Waals surface area contributed by atoms with Crippen LogP contribution in [-0.4, -0.2) is 49.6 Å². The van der Waals surface area contributed by atoms with Gasteiger partial charge in [0.1, 0.15) is 0 Å². The molecule has 150 valence electrons. The Kier molecular flexibility index (Phi) is 5.86. The fraction of sp³-hybridized carbons (Fsp3) is 0.556. The number of amides is 3. The van der Waals surface area contributed by atoms with E-state index in [0.29, 0.717) is 0 Å². The molecule has 3 rings (SSSR count). The predicted octanol–water partition coefficient (Wildman–Crippen LogP) is 1.44. The molecule has 0 aliphatic heterocycles. The first kappa shape index (κ1) is 19.7. The maximum Gasteiger partial charge on any atom is 0.379 e. The highest BCUT2D eigenvalue weighted by Crippen LogP contribution is 2.17. The summed E-state index contributed by atoms with van der Waals surface area (Å²) < 4.78 is 6.51. The lowest BCUT2D eigenvalue weighted by molar-refractivity contribution is -0.127. The van der Waals surface area contributed by atoms with Gasteiger partial charge in [0.25, 0.3) is 17.5 Å². The van der Waals surface area contributed by atoms with Crippen LogP contribution in [0.1, 0.15) is 61.0 Å². The van der Waals surface area contributed by atoms with Crippen molar-refractivity contribution in [2.45, 2.75) is 65.0 Å². The molecule has 0 spiro atoms. The number of nitrogens with zero attached hydrogens (tertiary/aromatic N) is 4. The first-order valence-corrected chi connectivity index (χ1v) is 9.37. The summed E-state index contributed by atoms with van der Waals surface area (Å²) >= 11 is 0. The first-order chi connectivity index (χ1) is 13.3. The average Bonchev–Trinajstić information content (AvgIpc) is 3.06. The van der Waals surface area contributed by atoms with Crippen LogP contribution in [-0.2, 0) is 9.53 Å². The monoisotopic (exact) mass is 388 g/mol. The molecule has 0 aromatic carbocycles. The lowest BCUT2D eigenvalue weighted by Gasteiger charge is -2.23. The summed E-state index contributed by atoms with van der Waals surface area (Å²) in [6.07, 6.45) is 3.92. The molecule has 1 atom stereocenters. The molecular formula is C18H24N6O4. The van der Waals surface area contributed by atoms with Gasteiger partial charge in [0.15, 0.2) is 6.10 Å². The Balaban J connectivity index is 1.56. The van der Waals surface area contributed by atoms with Crippen LogP contribution in [0.4, 0.5) is 4.79 Å². The van der Waals surface area contributed by atoms with E-state index in [9.17, 15) is 14.4 Å². The molecule has 0 bridgehead atoms. The largest absolute Gasteiger partial charge is 0.447 e. The molecular weight excluding hydrogens is 364 g/mol. The van der Waals surface area contributed by atoms with Gasteiger partial charge in [0.2, 0.25) is 0 Å². The SMILES string of the molecule is Cc1cc(C)n2nc(C(=O)O[C@@H](C)C(=O)NC(=O)NC3CCCCC3)nc2n1. The number of esters is 1. The van der Waals surface area contributed by atoms with E-state index in [0.717, 1.165) is 43.5 Å². The van der Waals surface area contributed by atoms with Crippen LogP contribution in [0.2, 0.25) is 0 Å². The normalized spacial score (nSPS) is 15.8. The number of hydrogen-bond acceptors (Lipinski definition) is 7. The Morgan fingerprint density at radius 2 is 1.89 bits per heavy atom. The van der Waals surface area contributed by atoms with Gasteiger partial charge in [-0.25, -0.2) is 19.1 Å².